The van der Waals surface area contributed by atoms with Crippen molar-refractivity contribution in [2.75, 3.05) is 26.4 Å². The number of nitrogens with one attached hydrogen (secondary N) is 1. The van der Waals surface area contributed by atoms with Gasteiger partial charge in [-0.05, 0) is 26.8 Å². The fourth-order valence-corrected chi connectivity index (χ4v) is 1.52. The highest BCUT2D eigenvalue weighted by Crippen LogP contribution is 1.93. The summed E-state index contributed by atoms with van der Waals surface area (Å²) >= 11 is 0. The average molecular weight is 270 g/mol. The smallest absolute Gasteiger partial charge is 0.0964 e. The van der Waals surface area contributed by atoms with Crippen LogP contribution in [-0.2, 0) is 22.6 Å². The largest absolute Gasteiger partial charge is 0.377 e. The van der Waals surface area contributed by atoms with Gasteiger partial charge in [0.15, 0.2) is 0 Å². The molecule has 1 aromatic rings. The topological polar surface area (TPSA) is 61.2 Å². The lowest BCUT2D eigenvalue weighted by molar-refractivity contribution is 0.0170. The van der Waals surface area contributed by atoms with Crippen molar-refractivity contribution in [3.8, 4) is 0 Å². The first-order valence-electron chi connectivity index (χ1n) is 7.01. The minimum absolute atomic E-state index is 0.261. The van der Waals surface area contributed by atoms with Gasteiger partial charge >= 0.3 is 0 Å². The first-order valence-corrected chi connectivity index (χ1v) is 7.01. The molecule has 0 spiro atoms. The molecule has 6 heteroatoms. The summed E-state index contributed by atoms with van der Waals surface area (Å²) < 4.78 is 12.7. The maximum atomic E-state index is 5.47. The standard InChI is InChI=1S/C13H26N4O2/c1-4-5-14-10-13-11-17(16-15-13)6-7-18-8-9-19-12(2)3/h11-12,14H,4-10H2,1-3H3. The Balaban J connectivity index is 2.06. The van der Waals surface area contributed by atoms with Gasteiger partial charge in [0.05, 0.1) is 38.2 Å². The van der Waals surface area contributed by atoms with E-state index in [9.17, 15) is 0 Å². The summed E-state index contributed by atoms with van der Waals surface area (Å²) in [6.45, 7) is 10.6. The second kappa shape index (κ2) is 9.89. The molecule has 0 saturated carbocycles. The van der Waals surface area contributed by atoms with Crippen molar-refractivity contribution in [1.29, 1.82) is 0 Å². The number of hydrogen-bond donors (Lipinski definition) is 1. The third-order valence-electron chi connectivity index (χ3n) is 2.46. The molecule has 0 bridgehead atoms. The Hall–Kier alpha value is -0.980. The first-order chi connectivity index (χ1) is 9.22. The number of nitrogens with zero attached hydrogens (tertiary/aromatic N) is 3. The van der Waals surface area contributed by atoms with Crippen LogP contribution in [0.3, 0.4) is 0 Å². The summed E-state index contributed by atoms with van der Waals surface area (Å²) in [6, 6.07) is 0. The molecule has 1 heterocycles. The van der Waals surface area contributed by atoms with E-state index in [2.05, 4.69) is 22.6 Å². The van der Waals surface area contributed by atoms with Gasteiger partial charge in [-0.3, -0.25) is 0 Å². The maximum absolute atomic E-state index is 5.47. The van der Waals surface area contributed by atoms with Gasteiger partial charge in [0.1, 0.15) is 0 Å². The SMILES string of the molecule is CCCNCc1cn(CCOCCOC(C)C)nn1. The molecule has 0 aromatic carbocycles. The van der Waals surface area contributed by atoms with Crippen LogP contribution in [0.1, 0.15) is 32.9 Å². The van der Waals surface area contributed by atoms with Crippen LogP contribution < -0.4 is 5.32 Å². The number of rotatable bonds is 11. The molecule has 110 valence electrons. The molecule has 0 aliphatic carbocycles. The van der Waals surface area contributed by atoms with Crippen LogP contribution in [0.15, 0.2) is 6.20 Å². The average Bonchev–Trinajstić information content (AvgIpc) is 2.81. The normalized spacial score (nSPS) is 11.4. The lowest BCUT2D eigenvalue weighted by Crippen LogP contribution is -2.14. The van der Waals surface area contributed by atoms with Crippen LogP contribution in [0, 0.1) is 0 Å². The van der Waals surface area contributed by atoms with Crippen molar-refractivity contribution < 1.29 is 9.47 Å². The maximum Gasteiger partial charge on any atom is 0.0964 e. The van der Waals surface area contributed by atoms with E-state index in [4.69, 9.17) is 9.47 Å². The molecular formula is C13H26N4O2. The molecule has 0 atom stereocenters. The highest BCUT2D eigenvalue weighted by atomic mass is 16.5. The van der Waals surface area contributed by atoms with Crippen molar-refractivity contribution >= 4 is 0 Å². The molecule has 0 amide bonds. The van der Waals surface area contributed by atoms with E-state index in [0.29, 0.717) is 19.8 Å². The highest BCUT2D eigenvalue weighted by molar-refractivity contribution is 4.91. The summed E-state index contributed by atoms with van der Waals surface area (Å²) in [6.07, 6.45) is 3.34. The minimum Gasteiger partial charge on any atom is -0.377 e. The molecule has 6 nitrogen and oxygen atoms in total. The van der Waals surface area contributed by atoms with Gasteiger partial charge < -0.3 is 14.8 Å². The molecule has 0 aliphatic heterocycles. The zero-order valence-electron chi connectivity index (χ0n) is 12.3. The van der Waals surface area contributed by atoms with Crippen molar-refractivity contribution in [1.82, 2.24) is 20.3 Å². The van der Waals surface area contributed by atoms with Gasteiger partial charge in [-0.15, -0.1) is 5.10 Å². The predicted molar refractivity (Wildman–Crippen MR) is 73.9 cm³/mol. The molecule has 0 aliphatic rings. The third kappa shape index (κ3) is 7.92. The van der Waals surface area contributed by atoms with Gasteiger partial charge in [-0.2, -0.15) is 0 Å². The van der Waals surface area contributed by atoms with Gasteiger partial charge in [-0.1, -0.05) is 12.1 Å². The Morgan fingerprint density at radius 1 is 1.32 bits per heavy atom. The van der Waals surface area contributed by atoms with Gasteiger partial charge in [0.25, 0.3) is 0 Å². The summed E-state index contributed by atoms with van der Waals surface area (Å²) in [5, 5.41) is 11.4. The Bertz CT molecular complexity index is 328. The van der Waals surface area contributed by atoms with E-state index in [1.807, 2.05) is 24.7 Å². The summed E-state index contributed by atoms with van der Waals surface area (Å²) in [5.74, 6) is 0. The number of ether oxygens (including phenoxy) is 2. The monoisotopic (exact) mass is 270 g/mol. The second-order valence-corrected chi connectivity index (χ2v) is 4.68. The Kier molecular flexibility index (Phi) is 8.36. The fourth-order valence-electron chi connectivity index (χ4n) is 1.52. The van der Waals surface area contributed by atoms with E-state index < -0.39 is 0 Å². The lowest BCUT2D eigenvalue weighted by atomic mass is 10.4. The van der Waals surface area contributed by atoms with Crippen LogP contribution in [0.4, 0.5) is 0 Å². The van der Waals surface area contributed by atoms with Crippen LogP contribution in [0.5, 0.6) is 0 Å². The quantitative estimate of drug-likeness (QED) is 0.613. The van der Waals surface area contributed by atoms with Crippen molar-refractivity contribution in [3.63, 3.8) is 0 Å². The summed E-state index contributed by atoms with van der Waals surface area (Å²) in [4.78, 5) is 0. The van der Waals surface area contributed by atoms with Crippen molar-refractivity contribution in [3.05, 3.63) is 11.9 Å². The Morgan fingerprint density at radius 3 is 2.89 bits per heavy atom. The molecule has 1 N–H and O–H groups in total. The minimum atomic E-state index is 0.261. The lowest BCUT2D eigenvalue weighted by Gasteiger charge is -2.07. The number of hydrogen-bond acceptors (Lipinski definition) is 5. The van der Waals surface area contributed by atoms with Gasteiger partial charge in [0.2, 0.25) is 0 Å². The van der Waals surface area contributed by atoms with Gasteiger partial charge in [0, 0.05) is 12.7 Å². The van der Waals surface area contributed by atoms with Gasteiger partial charge in [-0.25, -0.2) is 4.68 Å². The van der Waals surface area contributed by atoms with Crippen LogP contribution in [0.2, 0.25) is 0 Å². The van der Waals surface area contributed by atoms with E-state index in [1.165, 1.54) is 0 Å². The molecule has 19 heavy (non-hydrogen) atoms. The molecule has 0 unspecified atom stereocenters. The van der Waals surface area contributed by atoms with E-state index in [0.717, 1.165) is 31.7 Å². The van der Waals surface area contributed by atoms with Crippen LogP contribution in [-0.4, -0.2) is 47.5 Å². The van der Waals surface area contributed by atoms with Crippen LogP contribution in [0.25, 0.3) is 0 Å². The molecular weight excluding hydrogens is 244 g/mol. The molecule has 1 rings (SSSR count). The summed E-state index contributed by atoms with van der Waals surface area (Å²) in [5.41, 5.74) is 0.969. The Labute approximate surface area is 115 Å². The fraction of sp³-hybridized carbons (Fsp3) is 0.846. The van der Waals surface area contributed by atoms with E-state index in [-0.39, 0.29) is 6.10 Å². The summed E-state index contributed by atoms with van der Waals surface area (Å²) in [7, 11) is 0. The van der Waals surface area contributed by atoms with E-state index in [1.54, 1.807) is 0 Å². The van der Waals surface area contributed by atoms with Crippen molar-refractivity contribution in [2.24, 2.45) is 0 Å². The zero-order valence-corrected chi connectivity index (χ0v) is 12.3. The zero-order chi connectivity index (χ0) is 13.9. The van der Waals surface area contributed by atoms with Crippen molar-refractivity contribution in [2.45, 2.75) is 46.4 Å². The van der Waals surface area contributed by atoms with E-state index >= 15 is 0 Å². The molecule has 1 aromatic heterocycles. The number of aromatic nitrogens is 3. The predicted octanol–water partition coefficient (Wildman–Crippen LogP) is 1.22. The Morgan fingerprint density at radius 2 is 2.16 bits per heavy atom. The molecule has 0 radical (unpaired) electrons. The molecule has 0 saturated heterocycles. The van der Waals surface area contributed by atoms with Crippen LogP contribution >= 0.6 is 0 Å². The third-order valence-corrected chi connectivity index (χ3v) is 2.46. The highest BCUT2D eigenvalue weighted by Gasteiger charge is 2.00. The second-order valence-electron chi connectivity index (χ2n) is 4.68. The first kappa shape index (κ1) is 16.1. The molecule has 0 fully saturated rings.